The van der Waals surface area contributed by atoms with E-state index in [1.165, 1.54) is 0 Å². The minimum Gasteiger partial charge on any atom is -0.486 e. The van der Waals surface area contributed by atoms with Gasteiger partial charge in [-0.25, -0.2) is 0 Å². The van der Waals surface area contributed by atoms with E-state index in [1.54, 1.807) is 4.90 Å². The Labute approximate surface area is 178 Å². The van der Waals surface area contributed by atoms with Crippen molar-refractivity contribution < 1.29 is 23.8 Å². The Balaban J connectivity index is 1.37. The molecule has 0 bridgehead atoms. The van der Waals surface area contributed by atoms with Gasteiger partial charge < -0.3 is 24.4 Å². The summed E-state index contributed by atoms with van der Waals surface area (Å²) in [5.74, 6) is 0.623. The number of carbonyl (C=O) groups excluding carboxylic acids is 2. The van der Waals surface area contributed by atoms with Crippen LogP contribution in [0.25, 0.3) is 0 Å². The van der Waals surface area contributed by atoms with E-state index in [2.05, 4.69) is 26.1 Å². The van der Waals surface area contributed by atoms with Gasteiger partial charge in [0.15, 0.2) is 11.5 Å². The minimum atomic E-state index is -0.643. The van der Waals surface area contributed by atoms with Crippen molar-refractivity contribution in [3.63, 3.8) is 0 Å². The van der Waals surface area contributed by atoms with Gasteiger partial charge in [0.25, 0.3) is 0 Å². The summed E-state index contributed by atoms with van der Waals surface area (Å²) in [6.45, 7) is 9.38. The standard InChI is InChI=1S/C23H32N2O5/c1-23(2,3)20-15(5-4-10-30-20)14-24-21(26)17-8-9-25(22(17)27)16-6-7-18-19(13-16)29-12-11-28-18/h6-7,13,15,17,20H,4-5,8-12,14H2,1-3H3,(H,24,26)/t15-,17-,20-/m1/s1. The molecule has 3 aliphatic heterocycles. The fourth-order valence-electron chi connectivity index (χ4n) is 4.74. The van der Waals surface area contributed by atoms with Crippen molar-refractivity contribution >= 4 is 17.5 Å². The van der Waals surface area contributed by atoms with Gasteiger partial charge in [0.2, 0.25) is 11.8 Å². The molecule has 7 heteroatoms. The molecular weight excluding hydrogens is 384 g/mol. The quantitative estimate of drug-likeness (QED) is 0.764. The third kappa shape index (κ3) is 4.26. The van der Waals surface area contributed by atoms with Crippen LogP contribution in [0, 0.1) is 17.3 Å². The van der Waals surface area contributed by atoms with Crippen LogP contribution < -0.4 is 19.7 Å². The Morgan fingerprint density at radius 3 is 2.67 bits per heavy atom. The fourth-order valence-corrected chi connectivity index (χ4v) is 4.74. The van der Waals surface area contributed by atoms with Crippen molar-refractivity contribution in [1.82, 2.24) is 5.32 Å². The molecule has 1 aromatic carbocycles. The molecule has 0 radical (unpaired) electrons. The molecule has 2 fully saturated rings. The molecular formula is C23H32N2O5. The average molecular weight is 417 g/mol. The predicted octanol–water partition coefficient (Wildman–Crippen LogP) is 2.77. The maximum atomic E-state index is 13.0. The summed E-state index contributed by atoms with van der Waals surface area (Å²) in [5, 5.41) is 3.04. The van der Waals surface area contributed by atoms with Crippen LogP contribution >= 0.6 is 0 Å². The molecule has 2 saturated heterocycles. The molecule has 3 aliphatic rings. The molecule has 0 spiro atoms. The van der Waals surface area contributed by atoms with Crippen LogP contribution in [-0.4, -0.2) is 50.8 Å². The van der Waals surface area contributed by atoms with Crippen molar-refractivity contribution in [3.8, 4) is 11.5 Å². The minimum absolute atomic E-state index is 0.0219. The molecule has 0 saturated carbocycles. The molecule has 164 valence electrons. The highest BCUT2D eigenvalue weighted by atomic mass is 16.6. The second kappa shape index (κ2) is 8.46. The summed E-state index contributed by atoms with van der Waals surface area (Å²) in [4.78, 5) is 27.4. The van der Waals surface area contributed by atoms with Crippen LogP contribution in [0.2, 0.25) is 0 Å². The molecule has 2 amide bonds. The molecule has 1 N–H and O–H groups in total. The van der Waals surface area contributed by atoms with Crippen molar-refractivity contribution in [3.05, 3.63) is 18.2 Å². The number of hydrogen-bond acceptors (Lipinski definition) is 5. The largest absolute Gasteiger partial charge is 0.486 e. The van der Waals surface area contributed by atoms with Gasteiger partial charge in [-0.2, -0.15) is 0 Å². The lowest BCUT2D eigenvalue weighted by Gasteiger charge is -2.40. The van der Waals surface area contributed by atoms with Gasteiger partial charge in [0, 0.05) is 37.4 Å². The topological polar surface area (TPSA) is 77.1 Å². The predicted molar refractivity (Wildman–Crippen MR) is 113 cm³/mol. The van der Waals surface area contributed by atoms with E-state index in [9.17, 15) is 9.59 Å². The van der Waals surface area contributed by atoms with E-state index >= 15 is 0 Å². The smallest absolute Gasteiger partial charge is 0.239 e. The summed E-state index contributed by atoms with van der Waals surface area (Å²) in [6, 6.07) is 5.49. The number of rotatable bonds is 4. The molecule has 3 atom stereocenters. The first kappa shape index (κ1) is 21.0. The first-order valence-corrected chi connectivity index (χ1v) is 10.9. The van der Waals surface area contributed by atoms with Crippen LogP contribution in [0.5, 0.6) is 11.5 Å². The number of ether oxygens (including phenoxy) is 3. The van der Waals surface area contributed by atoms with Gasteiger partial charge in [-0.3, -0.25) is 9.59 Å². The second-order valence-electron chi connectivity index (χ2n) is 9.46. The number of hydrogen-bond donors (Lipinski definition) is 1. The Hall–Kier alpha value is -2.28. The van der Waals surface area contributed by atoms with Crippen LogP contribution in [-0.2, 0) is 14.3 Å². The Morgan fingerprint density at radius 1 is 1.13 bits per heavy atom. The Bertz CT molecular complexity index is 803. The number of nitrogens with zero attached hydrogens (tertiary/aromatic N) is 1. The SMILES string of the molecule is CC(C)(C)[C@@H]1OCCC[C@@H]1CNC(=O)[C@H]1CCN(c2ccc3c(c2)OCCO3)C1=O. The zero-order valence-corrected chi connectivity index (χ0v) is 18.1. The van der Waals surface area contributed by atoms with Crippen LogP contribution in [0.3, 0.4) is 0 Å². The molecule has 0 unspecified atom stereocenters. The van der Waals surface area contributed by atoms with E-state index < -0.39 is 5.92 Å². The second-order valence-corrected chi connectivity index (χ2v) is 9.46. The van der Waals surface area contributed by atoms with E-state index in [0.717, 1.165) is 25.1 Å². The summed E-state index contributed by atoms with van der Waals surface area (Å²) < 4.78 is 17.2. The molecule has 0 aliphatic carbocycles. The van der Waals surface area contributed by atoms with Gasteiger partial charge in [0.05, 0.1) is 6.10 Å². The molecule has 3 heterocycles. The molecule has 7 nitrogen and oxygen atoms in total. The van der Waals surface area contributed by atoms with Gasteiger partial charge >= 0.3 is 0 Å². The lowest BCUT2D eigenvalue weighted by molar-refractivity contribution is -0.133. The maximum Gasteiger partial charge on any atom is 0.239 e. The number of amides is 2. The maximum absolute atomic E-state index is 13.0. The number of nitrogens with one attached hydrogen (secondary N) is 1. The van der Waals surface area contributed by atoms with Gasteiger partial charge in [0.1, 0.15) is 19.1 Å². The summed E-state index contributed by atoms with van der Waals surface area (Å²) in [6.07, 6.45) is 2.67. The third-order valence-electron chi connectivity index (χ3n) is 6.20. The lowest BCUT2D eigenvalue weighted by atomic mass is 9.78. The van der Waals surface area contributed by atoms with Gasteiger partial charge in [-0.15, -0.1) is 0 Å². The van der Waals surface area contributed by atoms with E-state index in [-0.39, 0.29) is 29.3 Å². The normalized spacial score (nSPS) is 26.6. The fraction of sp³-hybridized carbons (Fsp3) is 0.652. The summed E-state index contributed by atoms with van der Waals surface area (Å²) >= 11 is 0. The third-order valence-corrected chi connectivity index (χ3v) is 6.20. The van der Waals surface area contributed by atoms with E-state index in [4.69, 9.17) is 14.2 Å². The Morgan fingerprint density at radius 2 is 1.90 bits per heavy atom. The Kier molecular flexibility index (Phi) is 5.91. The molecule has 30 heavy (non-hydrogen) atoms. The van der Waals surface area contributed by atoms with Crippen molar-refractivity contribution in [1.29, 1.82) is 0 Å². The van der Waals surface area contributed by atoms with Crippen molar-refractivity contribution in [2.45, 2.75) is 46.1 Å². The zero-order chi connectivity index (χ0) is 21.3. The number of anilines is 1. The molecule has 4 rings (SSSR count). The molecule has 0 aromatic heterocycles. The number of benzene rings is 1. The number of fused-ring (bicyclic) bond motifs is 1. The van der Waals surface area contributed by atoms with Crippen LogP contribution in [0.4, 0.5) is 5.69 Å². The molecule has 1 aromatic rings. The van der Waals surface area contributed by atoms with Gasteiger partial charge in [-0.05, 0) is 36.8 Å². The number of carbonyl (C=O) groups is 2. The first-order chi connectivity index (χ1) is 14.3. The summed E-state index contributed by atoms with van der Waals surface area (Å²) in [7, 11) is 0. The van der Waals surface area contributed by atoms with Crippen molar-refractivity contribution in [2.75, 3.05) is 37.8 Å². The van der Waals surface area contributed by atoms with Crippen LogP contribution in [0.1, 0.15) is 40.0 Å². The highest BCUT2D eigenvalue weighted by Gasteiger charge is 2.39. The van der Waals surface area contributed by atoms with Crippen LogP contribution in [0.15, 0.2) is 18.2 Å². The highest BCUT2D eigenvalue weighted by Crippen LogP contribution is 2.36. The van der Waals surface area contributed by atoms with Gasteiger partial charge in [-0.1, -0.05) is 20.8 Å². The van der Waals surface area contributed by atoms with Crippen molar-refractivity contribution in [2.24, 2.45) is 17.3 Å². The first-order valence-electron chi connectivity index (χ1n) is 10.9. The average Bonchev–Trinajstić information content (AvgIpc) is 3.12. The monoisotopic (exact) mass is 416 g/mol. The highest BCUT2D eigenvalue weighted by molar-refractivity contribution is 6.09. The lowest BCUT2D eigenvalue weighted by Crippen LogP contribution is -2.46. The summed E-state index contributed by atoms with van der Waals surface area (Å²) in [5.41, 5.74) is 0.765. The zero-order valence-electron chi connectivity index (χ0n) is 18.1. The van der Waals surface area contributed by atoms with E-state index in [0.29, 0.717) is 44.2 Å². The van der Waals surface area contributed by atoms with E-state index in [1.807, 2.05) is 18.2 Å².